The Balaban J connectivity index is 2.48. The summed E-state index contributed by atoms with van der Waals surface area (Å²) in [6.45, 7) is 7.11. The second-order valence-corrected chi connectivity index (χ2v) is 5.80. The average molecular weight is 312 g/mol. The Bertz CT molecular complexity index is 561. The fraction of sp³-hybridized carbons (Fsp3) is 0.400. The van der Waals surface area contributed by atoms with E-state index in [0.717, 1.165) is 22.8 Å². The Morgan fingerprint density at radius 1 is 1.20 bits per heavy atom. The van der Waals surface area contributed by atoms with E-state index in [1.54, 1.807) is 6.20 Å². The Morgan fingerprint density at radius 3 is 2.40 bits per heavy atom. The summed E-state index contributed by atoms with van der Waals surface area (Å²) in [5, 5.41) is 9.26. The lowest BCUT2D eigenvalue weighted by Crippen LogP contribution is -2.25. The summed E-state index contributed by atoms with van der Waals surface area (Å²) in [7, 11) is 0. The van der Waals surface area contributed by atoms with Crippen LogP contribution in [0.15, 0.2) is 30.5 Å². The van der Waals surface area contributed by atoms with Gasteiger partial charge >= 0.3 is 0 Å². The molecule has 1 aromatic heterocycles. The molecule has 2 aromatic rings. The van der Waals surface area contributed by atoms with Gasteiger partial charge in [0.15, 0.2) is 0 Å². The summed E-state index contributed by atoms with van der Waals surface area (Å²) in [5.74, 6) is 0. The van der Waals surface area contributed by atoms with Crippen molar-refractivity contribution in [1.29, 1.82) is 0 Å². The van der Waals surface area contributed by atoms with Crippen LogP contribution >= 0.6 is 23.2 Å². The van der Waals surface area contributed by atoms with Crippen molar-refractivity contribution in [1.82, 2.24) is 15.1 Å². The van der Waals surface area contributed by atoms with Crippen LogP contribution in [-0.4, -0.2) is 16.3 Å². The first kappa shape index (κ1) is 15.4. The number of hydrogen-bond donors (Lipinski definition) is 1. The molecule has 0 bridgehead atoms. The number of rotatable bonds is 5. The van der Waals surface area contributed by atoms with Crippen LogP contribution in [0.5, 0.6) is 0 Å². The fourth-order valence-electron chi connectivity index (χ4n) is 2.26. The van der Waals surface area contributed by atoms with Gasteiger partial charge in [0.1, 0.15) is 0 Å². The van der Waals surface area contributed by atoms with E-state index < -0.39 is 0 Å². The molecular formula is C15H19Cl2N3. The topological polar surface area (TPSA) is 29.9 Å². The van der Waals surface area contributed by atoms with Gasteiger partial charge in [0.2, 0.25) is 0 Å². The zero-order chi connectivity index (χ0) is 14.7. The van der Waals surface area contributed by atoms with Crippen molar-refractivity contribution in [3.63, 3.8) is 0 Å². The number of halogens is 2. The molecule has 20 heavy (non-hydrogen) atoms. The van der Waals surface area contributed by atoms with Crippen molar-refractivity contribution in [2.75, 3.05) is 6.54 Å². The van der Waals surface area contributed by atoms with Gasteiger partial charge in [-0.15, -0.1) is 0 Å². The maximum Gasteiger partial charge on any atom is 0.0837 e. The van der Waals surface area contributed by atoms with Gasteiger partial charge < -0.3 is 5.32 Å². The third kappa shape index (κ3) is 3.17. The van der Waals surface area contributed by atoms with Crippen LogP contribution in [0.4, 0.5) is 0 Å². The van der Waals surface area contributed by atoms with Crippen LogP contribution < -0.4 is 5.32 Å². The van der Waals surface area contributed by atoms with Crippen molar-refractivity contribution in [3.8, 4) is 0 Å². The first-order chi connectivity index (χ1) is 9.54. The highest BCUT2D eigenvalue weighted by atomic mass is 35.5. The van der Waals surface area contributed by atoms with Crippen molar-refractivity contribution in [2.24, 2.45) is 0 Å². The highest BCUT2D eigenvalue weighted by Crippen LogP contribution is 2.30. The summed E-state index contributed by atoms with van der Waals surface area (Å²) < 4.78 is 1.96. The van der Waals surface area contributed by atoms with Crippen molar-refractivity contribution < 1.29 is 0 Å². The minimum absolute atomic E-state index is 0.00895. The minimum atomic E-state index is 0.00895. The van der Waals surface area contributed by atoms with Gasteiger partial charge in [-0.2, -0.15) is 5.10 Å². The SMILES string of the molecule is CCNC(c1ccc(Cl)cc1)c1c(Cl)cnn1C(C)C. The Hall–Kier alpha value is -1.03. The maximum atomic E-state index is 6.35. The summed E-state index contributed by atoms with van der Waals surface area (Å²) in [6.07, 6.45) is 1.71. The number of hydrogen-bond acceptors (Lipinski definition) is 2. The number of nitrogens with one attached hydrogen (secondary N) is 1. The van der Waals surface area contributed by atoms with E-state index in [2.05, 4.69) is 31.2 Å². The lowest BCUT2D eigenvalue weighted by molar-refractivity contribution is 0.476. The van der Waals surface area contributed by atoms with Gasteiger partial charge in [0, 0.05) is 11.1 Å². The van der Waals surface area contributed by atoms with Gasteiger partial charge in [-0.25, -0.2) is 0 Å². The van der Waals surface area contributed by atoms with Gasteiger partial charge in [0.25, 0.3) is 0 Å². The molecule has 0 aliphatic heterocycles. The smallest absolute Gasteiger partial charge is 0.0837 e. The molecule has 0 amide bonds. The van der Waals surface area contributed by atoms with E-state index in [9.17, 15) is 0 Å². The Morgan fingerprint density at radius 2 is 1.85 bits per heavy atom. The zero-order valence-electron chi connectivity index (χ0n) is 11.9. The maximum absolute atomic E-state index is 6.35. The second kappa shape index (κ2) is 6.61. The molecule has 2 rings (SSSR count). The molecule has 3 nitrogen and oxygen atoms in total. The van der Waals surface area contributed by atoms with E-state index >= 15 is 0 Å². The monoisotopic (exact) mass is 311 g/mol. The largest absolute Gasteiger partial charge is 0.305 e. The standard InChI is InChI=1S/C15H19Cl2N3/c1-4-18-14(11-5-7-12(16)8-6-11)15-13(17)9-19-20(15)10(2)3/h5-10,14,18H,4H2,1-3H3. The van der Waals surface area contributed by atoms with E-state index in [1.165, 1.54) is 0 Å². The van der Waals surface area contributed by atoms with Crippen LogP contribution in [0.1, 0.15) is 44.1 Å². The first-order valence-electron chi connectivity index (χ1n) is 6.76. The Kier molecular flexibility index (Phi) is 5.08. The molecular weight excluding hydrogens is 293 g/mol. The highest BCUT2D eigenvalue weighted by Gasteiger charge is 2.22. The molecule has 0 radical (unpaired) electrons. The van der Waals surface area contributed by atoms with Crippen molar-refractivity contribution in [2.45, 2.75) is 32.9 Å². The van der Waals surface area contributed by atoms with Gasteiger partial charge in [-0.1, -0.05) is 42.3 Å². The molecule has 5 heteroatoms. The van der Waals surface area contributed by atoms with E-state index in [4.69, 9.17) is 23.2 Å². The molecule has 0 aliphatic rings. The van der Waals surface area contributed by atoms with Crippen molar-refractivity contribution >= 4 is 23.2 Å². The van der Waals surface area contributed by atoms with E-state index in [-0.39, 0.29) is 12.1 Å². The minimum Gasteiger partial charge on any atom is -0.305 e. The normalized spacial score (nSPS) is 12.9. The summed E-state index contributed by atoms with van der Waals surface area (Å²) in [5.41, 5.74) is 2.12. The molecule has 108 valence electrons. The van der Waals surface area contributed by atoms with Gasteiger partial charge in [-0.3, -0.25) is 4.68 Å². The third-order valence-corrected chi connectivity index (χ3v) is 3.70. The molecule has 0 fully saturated rings. The van der Waals surface area contributed by atoms with Crippen LogP contribution in [-0.2, 0) is 0 Å². The number of nitrogens with zero attached hydrogens (tertiary/aromatic N) is 2. The average Bonchev–Trinajstić information content (AvgIpc) is 2.79. The number of benzene rings is 1. The van der Waals surface area contributed by atoms with Gasteiger partial charge in [0.05, 0.1) is 23.0 Å². The predicted molar refractivity (Wildman–Crippen MR) is 84.6 cm³/mol. The molecule has 0 saturated heterocycles. The molecule has 1 N–H and O–H groups in total. The lowest BCUT2D eigenvalue weighted by Gasteiger charge is -2.22. The molecule has 0 aliphatic carbocycles. The summed E-state index contributed by atoms with van der Waals surface area (Å²) >= 11 is 12.3. The first-order valence-corrected chi connectivity index (χ1v) is 7.52. The molecule has 0 spiro atoms. The fourth-order valence-corrected chi connectivity index (χ4v) is 2.63. The Labute approximate surface area is 129 Å². The summed E-state index contributed by atoms with van der Waals surface area (Å²) in [4.78, 5) is 0. The zero-order valence-corrected chi connectivity index (χ0v) is 13.4. The molecule has 1 aromatic carbocycles. The van der Waals surface area contributed by atoms with Crippen LogP contribution in [0.3, 0.4) is 0 Å². The van der Waals surface area contributed by atoms with E-state index in [0.29, 0.717) is 5.02 Å². The quantitative estimate of drug-likeness (QED) is 0.883. The number of aromatic nitrogens is 2. The second-order valence-electron chi connectivity index (χ2n) is 4.96. The van der Waals surface area contributed by atoms with Crippen LogP contribution in [0, 0.1) is 0 Å². The van der Waals surface area contributed by atoms with E-state index in [1.807, 2.05) is 28.9 Å². The third-order valence-electron chi connectivity index (χ3n) is 3.16. The lowest BCUT2D eigenvalue weighted by atomic mass is 10.0. The van der Waals surface area contributed by atoms with Crippen LogP contribution in [0.2, 0.25) is 10.0 Å². The predicted octanol–water partition coefficient (Wildman–Crippen LogP) is 4.47. The molecule has 0 saturated carbocycles. The molecule has 1 heterocycles. The van der Waals surface area contributed by atoms with Crippen molar-refractivity contribution in [3.05, 3.63) is 51.8 Å². The van der Waals surface area contributed by atoms with Gasteiger partial charge in [-0.05, 0) is 38.1 Å². The summed E-state index contributed by atoms with van der Waals surface area (Å²) in [6, 6.07) is 8.09. The molecule has 1 unspecified atom stereocenters. The molecule has 1 atom stereocenters. The highest BCUT2D eigenvalue weighted by molar-refractivity contribution is 6.31. The van der Waals surface area contributed by atoms with Crippen LogP contribution in [0.25, 0.3) is 0 Å².